The smallest absolute Gasteiger partial charge is 0.354 e. The quantitative estimate of drug-likeness (QED) is 0.896. The van der Waals surface area contributed by atoms with Crippen molar-refractivity contribution >= 4 is 29.3 Å². The van der Waals surface area contributed by atoms with Crippen LogP contribution in [0.15, 0.2) is 36.7 Å². The first kappa shape index (κ1) is 13.0. The summed E-state index contributed by atoms with van der Waals surface area (Å²) in [5, 5.41) is 11.7. The number of nitrogens with one attached hydrogen (secondary N) is 1. The zero-order valence-corrected chi connectivity index (χ0v) is 10.3. The molecule has 0 saturated carbocycles. The van der Waals surface area contributed by atoms with Gasteiger partial charge < -0.3 is 10.4 Å². The number of aromatic nitrogens is 2. The van der Waals surface area contributed by atoms with Gasteiger partial charge in [0.15, 0.2) is 0 Å². The lowest BCUT2D eigenvalue weighted by Crippen LogP contribution is -2.13. The second kappa shape index (κ2) is 5.45. The summed E-state index contributed by atoms with van der Waals surface area (Å²) >= 11 is 5.67. The summed E-state index contributed by atoms with van der Waals surface area (Å²) in [6.07, 6.45) is 2.59. The second-order valence-corrected chi connectivity index (χ2v) is 3.99. The van der Waals surface area contributed by atoms with Gasteiger partial charge >= 0.3 is 5.97 Å². The minimum Gasteiger partial charge on any atom is -0.477 e. The van der Waals surface area contributed by atoms with Crippen LogP contribution in [0.2, 0.25) is 5.02 Å². The van der Waals surface area contributed by atoms with Crippen LogP contribution < -0.4 is 5.32 Å². The van der Waals surface area contributed by atoms with E-state index in [1.807, 2.05) is 0 Å². The molecule has 7 heteroatoms. The molecular formula is C12H8ClN3O3. The van der Waals surface area contributed by atoms with Crippen LogP contribution in [0.1, 0.15) is 20.8 Å². The van der Waals surface area contributed by atoms with E-state index in [2.05, 4.69) is 15.3 Å². The first-order chi connectivity index (χ1) is 9.06. The third kappa shape index (κ3) is 3.26. The molecule has 2 heterocycles. The summed E-state index contributed by atoms with van der Waals surface area (Å²) in [4.78, 5) is 30.0. The van der Waals surface area contributed by atoms with Crippen LogP contribution in [0.25, 0.3) is 0 Å². The number of rotatable bonds is 3. The van der Waals surface area contributed by atoms with Gasteiger partial charge in [0.2, 0.25) is 0 Å². The molecule has 0 atom stereocenters. The van der Waals surface area contributed by atoms with Crippen LogP contribution in [0.3, 0.4) is 0 Å². The van der Waals surface area contributed by atoms with Crippen molar-refractivity contribution in [1.82, 2.24) is 9.97 Å². The highest BCUT2D eigenvalue weighted by Gasteiger charge is 2.09. The molecule has 96 valence electrons. The number of carbonyl (C=O) groups is 2. The number of halogens is 1. The number of carboxylic acid groups (broad SMARTS) is 1. The highest BCUT2D eigenvalue weighted by molar-refractivity contribution is 6.30. The van der Waals surface area contributed by atoms with Crippen molar-refractivity contribution in [1.29, 1.82) is 0 Å². The monoisotopic (exact) mass is 277 g/mol. The molecule has 2 aromatic rings. The summed E-state index contributed by atoms with van der Waals surface area (Å²) in [6, 6.07) is 5.78. The van der Waals surface area contributed by atoms with Gasteiger partial charge in [-0.05, 0) is 24.3 Å². The molecule has 0 aliphatic carbocycles. The van der Waals surface area contributed by atoms with E-state index in [1.165, 1.54) is 24.5 Å². The predicted molar refractivity (Wildman–Crippen MR) is 68.4 cm³/mol. The maximum absolute atomic E-state index is 11.8. The van der Waals surface area contributed by atoms with Gasteiger partial charge in [0.25, 0.3) is 5.91 Å². The molecule has 2 rings (SSSR count). The Morgan fingerprint density at radius 1 is 1.11 bits per heavy atom. The van der Waals surface area contributed by atoms with Gasteiger partial charge in [-0.3, -0.25) is 4.79 Å². The molecule has 0 aliphatic heterocycles. The average molecular weight is 278 g/mol. The van der Waals surface area contributed by atoms with E-state index in [0.717, 1.165) is 0 Å². The Labute approximate surface area is 113 Å². The van der Waals surface area contributed by atoms with Gasteiger partial charge in [-0.2, -0.15) is 0 Å². The fourth-order valence-corrected chi connectivity index (χ4v) is 1.40. The predicted octanol–water partition coefficient (Wildman–Crippen LogP) is 2.08. The van der Waals surface area contributed by atoms with Crippen molar-refractivity contribution < 1.29 is 14.7 Å². The number of nitrogens with zero attached hydrogens (tertiary/aromatic N) is 2. The Bertz CT molecular complexity index is 611. The topological polar surface area (TPSA) is 92.2 Å². The Balaban J connectivity index is 2.11. The van der Waals surface area contributed by atoms with Gasteiger partial charge in [-0.25, -0.2) is 14.8 Å². The number of amides is 1. The normalized spacial score (nSPS) is 9.95. The van der Waals surface area contributed by atoms with Crippen molar-refractivity contribution in [2.75, 3.05) is 5.32 Å². The van der Waals surface area contributed by atoms with Crippen molar-refractivity contribution in [3.05, 3.63) is 52.9 Å². The number of hydrogen-bond acceptors (Lipinski definition) is 4. The van der Waals surface area contributed by atoms with E-state index in [4.69, 9.17) is 16.7 Å². The molecule has 0 saturated heterocycles. The Hall–Kier alpha value is -2.47. The number of carbonyl (C=O) groups excluding carboxylic acids is 1. The molecule has 0 aromatic carbocycles. The second-order valence-electron chi connectivity index (χ2n) is 3.55. The van der Waals surface area contributed by atoms with E-state index in [1.54, 1.807) is 12.1 Å². The lowest BCUT2D eigenvalue weighted by molar-refractivity contribution is 0.0690. The molecule has 6 nitrogen and oxygen atoms in total. The van der Waals surface area contributed by atoms with E-state index in [-0.39, 0.29) is 11.3 Å². The molecule has 0 unspecified atom stereocenters. The molecule has 2 aromatic heterocycles. The Kier molecular flexibility index (Phi) is 3.72. The maximum atomic E-state index is 11.8. The minimum atomic E-state index is -1.15. The number of pyridine rings is 2. The summed E-state index contributed by atoms with van der Waals surface area (Å²) in [5.41, 5.74) is 0.114. The van der Waals surface area contributed by atoms with Crippen molar-refractivity contribution in [2.45, 2.75) is 0 Å². The number of carboxylic acids is 1. The van der Waals surface area contributed by atoms with Crippen LogP contribution in [0, 0.1) is 0 Å². The van der Waals surface area contributed by atoms with E-state index >= 15 is 0 Å². The summed E-state index contributed by atoms with van der Waals surface area (Å²) in [7, 11) is 0. The van der Waals surface area contributed by atoms with Crippen LogP contribution >= 0.6 is 11.6 Å². The lowest BCUT2D eigenvalue weighted by atomic mass is 10.2. The van der Waals surface area contributed by atoms with Crippen LogP contribution in [-0.2, 0) is 0 Å². The third-order valence-electron chi connectivity index (χ3n) is 2.21. The molecule has 0 fully saturated rings. The third-order valence-corrected chi connectivity index (χ3v) is 2.44. The molecule has 1 amide bonds. The fourth-order valence-electron chi connectivity index (χ4n) is 1.29. The van der Waals surface area contributed by atoms with Gasteiger partial charge in [-0.15, -0.1) is 0 Å². The largest absolute Gasteiger partial charge is 0.477 e. The van der Waals surface area contributed by atoms with E-state index in [0.29, 0.717) is 10.8 Å². The number of hydrogen-bond donors (Lipinski definition) is 2. The number of aromatic carboxylic acids is 1. The van der Waals surface area contributed by atoms with Crippen molar-refractivity contribution in [2.24, 2.45) is 0 Å². The van der Waals surface area contributed by atoms with Gasteiger partial charge in [0.1, 0.15) is 11.5 Å². The standard InChI is InChI=1S/C12H8ClN3O3/c13-8-2-4-10(15-6-8)16-11(17)7-1-3-9(12(18)19)14-5-7/h1-6H,(H,18,19)(H,15,16,17). The summed E-state index contributed by atoms with van der Waals surface area (Å²) < 4.78 is 0. The molecule has 0 aliphatic rings. The van der Waals surface area contributed by atoms with Crippen molar-refractivity contribution in [3.63, 3.8) is 0 Å². The molecule has 0 radical (unpaired) electrons. The molecule has 0 bridgehead atoms. The van der Waals surface area contributed by atoms with E-state index in [9.17, 15) is 9.59 Å². The van der Waals surface area contributed by atoms with Crippen LogP contribution in [0.5, 0.6) is 0 Å². The van der Waals surface area contributed by atoms with Crippen molar-refractivity contribution in [3.8, 4) is 0 Å². The number of anilines is 1. The highest BCUT2D eigenvalue weighted by Crippen LogP contribution is 2.11. The SMILES string of the molecule is O=C(Nc1ccc(Cl)cn1)c1ccc(C(=O)O)nc1. The molecular weight excluding hydrogens is 270 g/mol. The summed E-state index contributed by atoms with van der Waals surface area (Å²) in [5.74, 6) is -1.23. The van der Waals surface area contributed by atoms with Gasteiger partial charge in [0.05, 0.1) is 10.6 Å². The lowest BCUT2D eigenvalue weighted by Gasteiger charge is -2.04. The molecule has 2 N–H and O–H groups in total. The molecule has 19 heavy (non-hydrogen) atoms. The fraction of sp³-hybridized carbons (Fsp3) is 0. The first-order valence-corrected chi connectivity index (χ1v) is 5.56. The zero-order valence-electron chi connectivity index (χ0n) is 9.50. The minimum absolute atomic E-state index is 0.124. The first-order valence-electron chi connectivity index (χ1n) is 5.18. The van der Waals surface area contributed by atoms with Crippen LogP contribution in [0.4, 0.5) is 5.82 Å². The molecule has 0 spiro atoms. The zero-order chi connectivity index (χ0) is 13.8. The average Bonchev–Trinajstić information content (AvgIpc) is 2.41. The highest BCUT2D eigenvalue weighted by atomic mass is 35.5. The van der Waals surface area contributed by atoms with E-state index < -0.39 is 11.9 Å². The Morgan fingerprint density at radius 2 is 1.89 bits per heavy atom. The summed E-state index contributed by atoms with van der Waals surface area (Å²) in [6.45, 7) is 0. The maximum Gasteiger partial charge on any atom is 0.354 e. The van der Waals surface area contributed by atoms with Gasteiger partial charge in [-0.1, -0.05) is 11.6 Å². The van der Waals surface area contributed by atoms with Crippen LogP contribution in [-0.4, -0.2) is 27.0 Å². The van der Waals surface area contributed by atoms with Gasteiger partial charge in [0, 0.05) is 12.4 Å². The Morgan fingerprint density at radius 3 is 2.42 bits per heavy atom.